The lowest BCUT2D eigenvalue weighted by atomic mass is 9.49. The van der Waals surface area contributed by atoms with Crippen molar-refractivity contribution < 1.29 is 42.2 Å². The number of amides is 4. The summed E-state index contributed by atoms with van der Waals surface area (Å²) in [6, 6.07) is 10.3. The Kier molecular flexibility index (Phi) is 9.08. The molecule has 2 N–H and O–H groups in total. The first-order valence-electron chi connectivity index (χ1n) is 16.6. The van der Waals surface area contributed by atoms with Crippen molar-refractivity contribution in [1.29, 1.82) is 0 Å². The smallest absolute Gasteiger partial charge is 0.417 e. The van der Waals surface area contributed by atoms with Gasteiger partial charge in [0.15, 0.2) is 17.3 Å². The van der Waals surface area contributed by atoms with Crippen LogP contribution in [0.3, 0.4) is 0 Å². The Hall–Kier alpha value is -3.89. The van der Waals surface area contributed by atoms with Gasteiger partial charge in [-0.15, -0.1) is 0 Å². The fraction of sp³-hybridized carbons (Fsp3) is 0.378. The number of aromatic hydroxyl groups is 1. The molecule has 1 aromatic heterocycles. The van der Waals surface area contributed by atoms with Crippen molar-refractivity contribution in [2.24, 2.45) is 23.7 Å². The second kappa shape index (κ2) is 12.9. The van der Waals surface area contributed by atoms with Gasteiger partial charge in [0.05, 0.1) is 44.4 Å². The molecule has 0 bridgehead atoms. The van der Waals surface area contributed by atoms with Crippen LogP contribution in [-0.2, 0) is 30.8 Å². The summed E-state index contributed by atoms with van der Waals surface area (Å²) in [4.78, 5) is 63.3. The number of methoxy groups -OCH3 is 1. The first kappa shape index (κ1) is 37.4. The number of anilines is 1. The summed E-state index contributed by atoms with van der Waals surface area (Å²) >= 11 is 14.5. The van der Waals surface area contributed by atoms with Crippen molar-refractivity contribution in [3.8, 4) is 11.5 Å². The van der Waals surface area contributed by atoms with E-state index >= 15 is 4.79 Å². The highest BCUT2D eigenvalue weighted by atomic mass is 127. The molecule has 3 fully saturated rings. The Morgan fingerprint density at radius 1 is 1.00 bits per heavy atom. The lowest BCUT2D eigenvalue weighted by Gasteiger charge is -2.50. The van der Waals surface area contributed by atoms with Crippen molar-refractivity contribution in [1.82, 2.24) is 14.9 Å². The molecule has 4 aliphatic rings. The van der Waals surface area contributed by atoms with Gasteiger partial charge in [0, 0.05) is 22.7 Å². The molecule has 1 saturated carbocycles. The monoisotopic (exact) mass is 882 g/mol. The summed E-state index contributed by atoms with van der Waals surface area (Å²) in [6.45, 7) is 5.33. The van der Waals surface area contributed by atoms with E-state index in [9.17, 15) is 32.7 Å². The number of hydrazine groups is 1. The summed E-state index contributed by atoms with van der Waals surface area (Å²) < 4.78 is 46.3. The highest BCUT2D eigenvalue weighted by Crippen LogP contribution is 2.65. The number of hydrogen-bond donors (Lipinski definition) is 2. The zero-order valence-corrected chi connectivity index (χ0v) is 32.3. The molecule has 10 nitrogen and oxygen atoms in total. The Labute approximate surface area is 325 Å². The van der Waals surface area contributed by atoms with Crippen LogP contribution in [0.1, 0.15) is 56.2 Å². The van der Waals surface area contributed by atoms with E-state index in [1.807, 2.05) is 28.7 Å². The number of ether oxygens (including phenoxy) is 1. The van der Waals surface area contributed by atoms with Crippen molar-refractivity contribution in [3.05, 3.63) is 90.6 Å². The molecule has 7 rings (SSSR count). The minimum Gasteiger partial charge on any atom is -0.504 e. The van der Waals surface area contributed by atoms with E-state index in [-0.39, 0.29) is 42.0 Å². The molecule has 6 atom stereocenters. The average molecular weight is 883 g/mol. The zero-order valence-electron chi connectivity index (χ0n) is 28.6. The largest absolute Gasteiger partial charge is 0.504 e. The van der Waals surface area contributed by atoms with Gasteiger partial charge in [-0.05, 0) is 104 Å². The van der Waals surface area contributed by atoms with Gasteiger partial charge >= 0.3 is 6.18 Å². The number of fused-ring (bicyclic) bond motifs is 4. The third-order valence-electron chi connectivity index (χ3n) is 10.8. The molecule has 4 amide bonds. The zero-order chi connectivity index (χ0) is 38.5. The van der Waals surface area contributed by atoms with E-state index in [2.05, 4.69) is 10.4 Å². The summed E-state index contributed by atoms with van der Waals surface area (Å²) in [5.41, 5.74) is 0.485. The van der Waals surface area contributed by atoms with E-state index in [1.165, 1.54) is 12.0 Å². The van der Waals surface area contributed by atoms with Crippen LogP contribution < -0.4 is 10.2 Å². The molecule has 0 spiro atoms. The molecular weight excluding hydrogens is 851 g/mol. The predicted molar refractivity (Wildman–Crippen MR) is 196 cm³/mol. The Bertz CT molecular complexity index is 2120. The van der Waals surface area contributed by atoms with Crippen molar-refractivity contribution >= 4 is 75.2 Å². The summed E-state index contributed by atoms with van der Waals surface area (Å²) in [5.74, 6) is -6.92. The first-order valence-corrected chi connectivity index (χ1v) is 18.4. The molecule has 2 aliphatic carbocycles. The molecule has 3 heterocycles. The predicted octanol–water partition coefficient (Wildman–Crippen LogP) is 7.51. The number of imide groups is 2. The number of hydrogen-bond acceptors (Lipinski definition) is 8. The van der Waals surface area contributed by atoms with Gasteiger partial charge in [-0.3, -0.25) is 29.5 Å². The number of allylic oxidation sites excluding steroid dienone is 2. The second-order valence-corrected chi connectivity index (χ2v) is 16.7. The topological polar surface area (TPSA) is 129 Å². The number of likely N-dealkylation sites (tertiary alicyclic amines) is 1. The van der Waals surface area contributed by atoms with Crippen LogP contribution >= 0.6 is 45.8 Å². The molecular formula is C37H32Cl2F3IN4O6. The third kappa shape index (κ3) is 5.69. The summed E-state index contributed by atoms with van der Waals surface area (Å²) in [7, 11) is 1.38. The maximum Gasteiger partial charge on any atom is 0.417 e. The number of rotatable bonds is 5. The third-order valence-corrected chi connectivity index (χ3v) is 12.2. The number of carbonyl (C=O) groups excluding carboxylic acids is 4. The number of pyridine rings is 1. The van der Waals surface area contributed by atoms with Crippen molar-refractivity contribution in [2.45, 2.75) is 56.7 Å². The van der Waals surface area contributed by atoms with Crippen molar-refractivity contribution in [2.75, 3.05) is 12.5 Å². The average Bonchev–Trinajstić information content (AvgIpc) is 3.47. The Balaban J connectivity index is 1.47. The SMILES string of the molecule is COc1cc([C@H]2C3=CC[C@@H]4C(=O)N(C(C)(C)C)C(=O)[C@@H]4[C@@H]3C[C@H]3C(=O)N(Nc4ncc(C(F)(F)F)cc4Cl)C(=O)[C@@]23c2ccc(Cl)cc2)cc(I)c1O. The molecule has 2 aromatic carbocycles. The Morgan fingerprint density at radius 2 is 1.68 bits per heavy atom. The second-order valence-electron chi connectivity index (χ2n) is 14.7. The van der Waals surface area contributed by atoms with Crippen LogP contribution in [0.4, 0.5) is 19.0 Å². The van der Waals surface area contributed by atoms with Gasteiger partial charge in [0.2, 0.25) is 11.8 Å². The first-order chi connectivity index (χ1) is 24.8. The van der Waals surface area contributed by atoms with Gasteiger partial charge in [-0.25, -0.2) is 4.98 Å². The molecule has 0 radical (unpaired) electrons. The molecule has 2 saturated heterocycles. The molecule has 3 aromatic rings. The standard InChI is InChI=1S/C37H32Cl2F3IN4O6/c1-35(2,3)46-31(49)21-10-9-20-22(27(21)33(46)51)14-23-32(50)47(45-30-24(39)13-18(15-44-30)37(40,41)42)34(52)36(23,17-5-7-19(38)8-6-17)28(20)16-11-25(43)29(48)26(12-16)53-4/h5-9,11-13,15,21-23,27-28,48H,10,14H2,1-4H3,(H,44,45)/t21-,22+,23-,27-,28-,36+/m0/s1. The molecule has 278 valence electrons. The van der Waals surface area contributed by atoms with Crippen LogP contribution in [-0.4, -0.2) is 56.3 Å². The summed E-state index contributed by atoms with van der Waals surface area (Å²) in [5, 5.41) is 11.5. The maximum absolute atomic E-state index is 15.3. The lowest BCUT2D eigenvalue weighted by Crippen LogP contribution is -2.53. The van der Waals surface area contributed by atoms with Gasteiger partial charge < -0.3 is 9.84 Å². The van der Waals surface area contributed by atoms with Crippen molar-refractivity contribution in [3.63, 3.8) is 0 Å². The number of alkyl halides is 3. The molecule has 0 unspecified atom stereocenters. The minimum absolute atomic E-state index is 0.0215. The highest BCUT2D eigenvalue weighted by molar-refractivity contribution is 14.1. The van der Waals surface area contributed by atoms with Gasteiger partial charge in [0.25, 0.3) is 11.8 Å². The molecule has 2 aliphatic heterocycles. The van der Waals surface area contributed by atoms with Gasteiger partial charge in [0.1, 0.15) is 0 Å². The lowest BCUT2D eigenvalue weighted by molar-refractivity contribution is -0.146. The number of aromatic nitrogens is 1. The quantitative estimate of drug-likeness (QED) is 0.153. The van der Waals surface area contributed by atoms with Gasteiger partial charge in [-0.2, -0.15) is 18.2 Å². The van der Waals surface area contributed by atoms with E-state index in [0.29, 0.717) is 37.6 Å². The van der Waals surface area contributed by atoms with Gasteiger partial charge in [-0.1, -0.05) is 47.0 Å². The van der Waals surface area contributed by atoms with Crippen LogP contribution in [0.5, 0.6) is 11.5 Å². The van der Waals surface area contributed by atoms with Crippen LogP contribution in [0.2, 0.25) is 10.0 Å². The number of halogens is 6. The van der Waals surface area contributed by atoms with Crippen LogP contribution in [0, 0.1) is 27.2 Å². The highest BCUT2D eigenvalue weighted by Gasteiger charge is 2.70. The van der Waals surface area contributed by atoms with E-state index in [1.54, 1.807) is 57.2 Å². The van der Waals surface area contributed by atoms with E-state index in [4.69, 9.17) is 27.9 Å². The van der Waals surface area contributed by atoms with Crippen LogP contribution in [0.15, 0.2) is 60.3 Å². The number of carbonyl (C=O) groups is 4. The van der Waals surface area contributed by atoms with Crippen LogP contribution in [0.25, 0.3) is 0 Å². The molecule has 16 heteroatoms. The number of benzene rings is 2. The fourth-order valence-electron chi connectivity index (χ4n) is 8.73. The van der Waals surface area contributed by atoms with E-state index in [0.717, 1.165) is 5.01 Å². The fourth-order valence-corrected chi connectivity index (χ4v) is 9.69. The summed E-state index contributed by atoms with van der Waals surface area (Å²) in [6.07, 6.45) is -2.14. The maximum atomic E-state index is 15.3. The number of nitrogens with one attached hydrogen (secondary N) is 1. The number of nitrogens with zero attached hydrogens (tertiary/aromatic N) is 3. The minimum atomic E-state index is -4.75. The number of phenols is 1. The number of phenolic OH excluding ortho intramolecular Hbond substituents is 1. The Morgan fingerprint density at radius 3 is 2.28 bits per heavy atom. The molecule has 53 heavy (non-hydrogen) atoms. The van der Waals surface area contributed by atoms with E-state index < -0.39 is 69.1 Å². The normalized spacial score (nSPS) is 27.1.